The minimum absolute atomic E-state index is 0.0844. The van der Waals surface area contributed by atoms with Crippen molar-refractivity contribution in [2.75, 3.05) is 5.32 Å². The van der Waals surface area contributed by atoms with Gasteiger partial charge in [-0.25, -0.2) is 19.7 Å². The molecule has 0 aliphatic rings. The third kappa shape index (κ3) is 2.70. The summed E-state index contributed by atoms with van der Waals surface area (Å²) < 4.78 is 0. The molecule has 0 saturated carbocycles. The van der Waals surface area contributed by atoms with Gasteiger partial charge in [-0.1, -0.05) is 6.92 Å². The van der Waals surface area contributed by atoms with Crippen LogP contribution in [0.1, 0.15) is 33.9 Å². The number of aromatic nitrogens is 5. The van der Waals surface area contributed by atoms with Crippen LogP contribution < -0.4 is 5.32 Å². The first-order valence-corrected chi connectivity index (χ1v) is 5.38. The molecule has 2 rings (SSSR count). The highest BCUT2D eigenvalue weighted by Crippen LogP contribution is 2.09. The Morgan fingerprint density at radius 2 is 2.11 bits per heavy atom. The maximum atomic E-state index is 11.8. The second-order valence-corrected chi connectivity index (χ2v) is 3.47. The molecule has 2 aromatic heterocycles. The van der Waals surface area contributed by atoms with Gasteiger partial charge in [-0.15, -0.1) is 5.10 Å². The standard InChI is InChI=1S/C10H10N6O3/c1-2-5-13-8(16-15-5)9(17)14-7-6(10(18)19)11-3-4-12-7/h3-4H,2H2,1H3,(H,18,19)(H,12,14,17)(H,13,15,16). The van der Waals surface area contributed by atoms with Crippen molar-refractivity contribution in [2.45, 2.75) is 13.3 Å². The molecule has 0 aliphatic carbocycles. The summed E-state index contributed by atoms with van der Waals surface area (Å²) in [4.78, 5) is 34.0. The van der Waals surface area contributed by atoms with E-state index in [2.05, 4.69) is 30.5 Å². The molecule has 3 N–H and O–H groups in total. The summed E-state index contributed by atoms with van der Waals surface area (Å²) in [5.74, 6) is -1.61. The number of anilines is 1. The number of carbonyl (C=O) groups excluding carboxylic acids is 1. The van der Waals surface area contributed by atoms with Crippen LogP contribution in [0.3, 0.4) is 0 Å². The predicted molar refractivity (Wildman–Crippen MR) is 62.7 cm³/mol. The molecule has 98 valence electrons. The van der Waals surface area contributed by atoms with Crippen molar-refractivity contribution >= 4 is 17.7 Å². The number of H-pyrrole nitrogens is 1. The molecule has 0 atom stereocenters. The van der Waals surface area contributed by atoms with Gasteiger partial charge < -0.3 is 10.4 Å². The molecular weight excluding hydrogens is 252 g/mol. The molecule has 0 radical (unpaired) electrons. The Bertz CT molecular complexity index is 623. The fourth-order valence-electron chi connectivity index (χ4n) is 1.30. The van der Waals surface area contributed by atoms with Crippen LogP contribution in [0.25, 0.3) is 0 Å². The second-order valence-electron chi connectivity index (χ2n) is 3.47. The van der Waals surface area contributed by atoms with Crippen LogP contribution in [0.15, 0.2) is 12.4 Å². The fourth-order valence-corrected chi connectivity index (χ4v) is 1.30. The van der Waals surface area contributed by atoms with Crippen molar-refractivity contribution < 1.29 is 14.7 Å². The number of aromatic amines is 1. The lowest BCUT2D eigenvalue weighted by molar-refractivity contribution is 0.0691. The summed E-state index contributed by atoms with van der Waals surface area (Å²) in [5.41, 5.74) is -0.345. The normalized spacial score (nSPS) is 10.2. The van der Waals surface area contributed by atoms with Gasteiger partial charge in [0.2, 0.25) is 5.82 Å². The van der Waals surface area contributed by atoms with Crippen LogP contribution in [0.4, 0.5) is 5.82 Å². The molecule has 2 heterocycles. The first-order chi connectivity index (χ1) is 9.11. The average Bonchev–Trinajstić information content (AvgIpc) is 2.88. The van der Waals surface area contributed by atoms with E-state index in [1.54, 1.807) is 0 Å². The summed E-state index contributed by atoms with van der Waals surface area (Å²) in [6, 6.07) is 0. The summed E-state index contributed by atoms with van der Waals surface area (Å²) in [6.45, 7) is 1.85. The molecule has 0 fully saturated rings. The number of hydrogen-bond donors (Lipinski definition) is 3. The van der Waals surface area contributed by atoms with Crippen molar-refractivity contribution in [1.82, 2.24) is 25.1 Å². The van der Waals surface area contributed by atoms with Crippen molar-refractivity contribution in [1.29, 1.82) is 0 Å². The number of nitrogens with zero attached hydrogens (tertiary/aromatic N) is 4. The number of carbonyl (C=O) groups is 2. The van der Waals surface area contributed by atoms with Crippen molar-refractivity contribution in [2.24, 2.45) is 0 Å². The number of hydrogen-bond acceptors (Lipinski definition) is 6. The molecule has 19 heavy (non-hydrogen) atoms. The maximum Gasteiger partial charge on any atom is 0.358 e. The Morgan fingerprint density at radius 1 is 1.37 bits per heavy atom. The minimum atomic E-state index is -1.28. The summed E-state index contributed by atoms with van der Waals surface area (Å²) in [5, 5.41) is 17.5. The summed E-state index contributed by atoms with van der Waals surface area (Å²) in [6.07, 6.45) is 3.10. The second kappa shape index (κ2) is 5.21. The smallest absolute Gasteiger partial charge is 0.358 e. The fraction of sp³-hybridized carbons (Fsp3) is 0.200. The third-order valence-corrected chi connectivity index (χ3v) is 2.20. The molecule has 0 aromatic carbocycles. The highest BCUT2D eigenvalue weighted by Gasteiger charge is 2.18. The zero-order valence-corrected chi connectivity index (χ0v) is 9.91. The molecule has 0 saturated heterocycles. The number of aromatic carboxylic acids is 1. The van der Waals surface area contributed by atoms with Crippen LogP contribution in [0, 0.1) is 0 Å². The molecule has 2 aromatic rings. The van der Waals surface area contributed by atoms with E-state index in [1.165, 1.54) is 12.4 Å². The zero-order chi connectivity index (χ0) is 13.8. The summed E-state index contributed by atoms with van der Waals surface area (Å²) >= 11 is 0. The van der Waals surface area contributed by atoms with E-state index >= 15 is 0 Å². The Morgan fingerprint density at radius 3 is 2.74 bits per heavy atom. The molecule has 0 aliphatic heterocycles. The topological polar surface area (TPSA) is 134 Å². The molecule has 0 spiro atoms. The number of amides is 1. The van der Waals surface area contributed by atoms with E-state index in [0.29, 0.717) is 12.2 Å². The Hall–Kier alpha value is -2.84. The van der Waals surface area contributed by atoms with Crippen molar-refractivity contribution in [3.8, 4) is 0 Å². The lowest BCUT2D eigenvalue weighted by Crippen LogP contribution is -2.18. The van der Waals surface area contributed by atoms with Crippen LogP contribution in [-0.2, 0) is 6.42 Å². The van der Waals surface area contributed by atoms with Gasteiger partial charge in [-0.05, 0) is 0 Å². The SMILES string of the molecule is CCc1nc(C(=O)Nc2nccnc2C(=O)O)n[nH]1. The summed E-state index contributed by atoms with van der Waals surface area (Å²) in [7, 11) is 0. The third-order valence-electron chi connectivity index (χ3n) is 2.20. The number of aryl methyl sites for hydroxylation is 1. The highest BCUT2D eigenvalue weighted by atomic mass is 16.4. The Balaban J connectivity index is 2.21. The van der Waals surface area contributed by atoms with Crippen LogP contribution in [-0.4, -0.2) is 42.1 Å². The van der Waals surface area contributed by atoms with E-state index < -0.39 is 11.9 Å². The number of rotatable bonds is 4. The highest BCUT2D eigenvalue weighted by molar-refractivity contribution is 6.04. The van der Waals surface area contributed by atoms with E-state index in [-0.39, 0.29) is 17.3 Å². The number of carboxylic acids is 1. The van der Waals surface area contributed by atoms with E-state index in [0.717, 1.165) is 0 Å². The molecule has 0 bridgehead atoms. The van der Waals surface area contributed by atoms with Gasteiger partial charge >= 0.3 is 5.97 Å². The molecule has 9 nitrogen and oxygen atoms in total. The van der Waals surface area contributed by atoms with Crippen molar-refractivity contribution in [3.05, 3.63) is 29.7 Å². The van der Waals surface area contributed by atoms with Gasteiger partial charge in [-0.2, -0.15) is 0 Å². The van der Waals surface area contributed by atoms with Gasteiger partial charge in [0.1, 0.15) is 5.82 Å². The first kappa shape index (κ1) is 12.6. The van der Waals surface area contributed by atoms with Crippen LogP contribution >= 0.6 is 0 Å². The average molecular weight is 262 g/mol. The van der Waals surface area contributed by atoms with Gasteiger partial charge in [0.05, 0.1) is 0 Å². The quantitative estimate of drug-likeness (QED) is 0.711. The van der Waals surface area contributed by atoms with Crippen molar-refractivity contribution in [3.63, 3.8) is 0 Å². The number of carboxylic acid groups (broad SMARTS) is 1. The van der Waals surface area contributed by atoms with Crippen LogP contribution in [0.5, 0.6) is 0 Å². The molecular formula is C10H10N6O3. The first-order valence-electron chi connectivity index (χ1n) is 5.38. The molecule has 0 unspecified atom stereocenters. The Kier molecular flexibility index (Phi) is 3.46. The van der Waals surface area contributed by atoms with E-state index in [9.17, 15) is 9.59 Å². The Labute approximate surface area is 107 Å². The molecule has 9 heteroatoms. The van der Waals surface area contributed by atoms with E-state index in [1.807, 2.05) is 6.92 Å². The van der Waals surface area contributed by atoms with Gasteiger partial charge in [0.25, 0.3) is 5.91 Å². The van der Waals surface area contributed by atoms with Crippen LogP contribution in [0.2, 0.25) is 0 Å². The lowest BCUT2D eigenvalue weighted by Gasteiger charge is -2.03. The predicted octanol–water partition coefficient (Wildman–Crippen LogP) is 0.108. The largest absolute Gasteiger partial charge is 0.476 e. The van der Waals surface area contributed by atoms with Gasteiger partial charge in [0.15, 0.2) is 11.5 Å². The number of nitrogens with one attached hydrogen (secondary N) is 2. The maximum absolute atomic E-state index is 11.8. The molecule has 1 amide bonds. The van der Waals surface area contributed by atoms with Gasteiger partial charge in [0, 0.05) is 18.8 Å². The monoisotopic (exact) mass is 262 g/mol. The van der Waals surface area contributed by atoms with E-state index in [4.69, 9.17) is 5.11 Å². The van der Waals surface area contributed by atoms with Gasteiger partial charge in [-0.3, -0.25) is 9.89 Å². The zero-order valence-electron chi connectivity index (χ0n) is 9.91. The lowest BCUT2D eigenvalue weighted by atomic mass is 10.4. The minimum Gasteiger partial charge on any atom is -0.476 e.